The van der Waals surface area contributed by atoms with Crippen LogP contribution >= 0.6 is 0 Å². The van der Waals surface area contributed by atoms with Gasteiger partial charge in [-0.1, -0.05) is 29.8 Å². The first-order valence-electron chi connectivity index (χ1n) is 7.86. The van der Waals surface area contributed by atoms with Crippen molar-refractivity contribution < 1.29 is 26.3 Å². The van der Waals surface area contributed by atoms with Crippen molar-refractivity contribution >= 4 is 23.1 Å². The molecule has 1 aromatic carbocycles. The lowest BCUT2D eigenvalue weighted by molar-refractivity contribution is -0.144. The zero-order valence-electron chi connectivity index (χ0n) is 14.2. The highest BCUT2D eigenvalue weighted by atomic mass is 19.4. The van der Waals surface area contributed by atoms with Crippen LogP contribution in [-0.4, -0.2) is 16.2 Å². The number of hydrogen-bond donors (Lipinski definition) is 1. The van der Waals surface area contributed by atoms with Crippen molar-refractivity contribution in [2.45, 2.75) is 19.3 Å². The summed E-state index contributed by atoms with van der Waals surface area (Å²) in [6.45, 7) is 1.91. The fourth-order valence-corrected chi connectivity index (χ4v) is 2.37. The van der Waals surface area contributed by atoms with Gasteiger partial charge in [0.1, 0.15) is 11.5 Å². The van der Waals surface area contributed by atoms with Gasteiger partial charge < -0.3 is 0 Å². The highest BCUT2D eigenvalue weighted by Crippen LogP contribution is 2.38. The average Bonchev–Trinajstić information content (AvgIpc) is 2.60. The van der Waals surface area contributed by atoms with Crippen LogP contribution in [0.3, 0.4) is 0 Å². The van der Waals surface area contributed by atoms with Crippen molar-refractivity contribution in [1.29, 1.82) is 0 Å². The lowest BCUT2D eigenvalue weighted by Crippen LogP contribution is -2.14. The third kappa shape index (κ3) is 4.38. The van der Waals surface area contributed by atoms with Gasteiger partial charge in [-0.15, -0.1) is 0 Å². The Labute approximate surface area is 154 Å². The Morgan fingerprint density at radius 2 is 1.57 bits per heavy atom. The highest BCUT2D eigenvalue weighted by molar-refractivity contribution is 5.82. The molecule has 0 amide bonds. The number of pyridine rings is 2. The summed E-state index contributed by atoms with van der Waals surface area (Å²) in [5.41, 5.74) is 0.466. The molecule has 0 bridgehead atoms. The molecule has 2 aromatic heterocycles. The molecule has 0 atom stereocenters. The van der Waals surface area contributed by atoms with Crippen LogP contribution in [0.15, 0.2) is 47.6 Å². The normalized spacial score (nSPS) is 12.7. The van der Waals surface area contributed by atoms with Gasteiger partial charge in [-0.3, -0.25) is 5.43 Å². The fourth-order valence-electron chi connectivity index (χ4n) is 2.37. The summed E-state index contributed by atoms with van der Waals surface area (Å²) in [6.07, 6.45) is -8.59. The van der Waals surface area contributed by atoms with E-state index < -0.39 is 34.6 Å². The first-order chi connectivity index (χ1) is 13.0. The number of anilines is 1. The van der Waals surface area contributed by atoms with Gasteiger partial charge in [-0.2, -0.15) is 31.4 Å². The molecule has 0 spiro atoms. The predicted octanol–water partition coefficient (Wildman–Crippen LogP) is 5.42. The number of nitrogens with one attached hydrogen (secondary N) is 1. The van der Waals surface area contributed by atoms with Gasteiger partial charge in [0, 0.05) is 5.39 Å². The van der Waals surface area contributed by atoms with Gasteiger partial charge in [0.2, 0.25) is 0 Å². The van der Waals surface area contributed by atoms with Gasteiger partial charge in [-0.25, -0.2) is 9.97 Å². The van der Waals surface area contributed by atoms with Crippen LogP contribution in [0.25, 0.3) is 11.0 Å². The topological polar surface area (TPSA) is 50.2 Å². The van der Waals surface area contributed by atoms with Gasteiger partial charge in [0.15, 0.2) is 5.65 Å². The molecule has 0 saturated carbocycles. The Balaban J connectivity index is 1.96. The molecule has 0 fully saturated rings. The molecule has 10 heteroatoms. The zero-order chi connectivity index (χ0) is 20.5. The monoisotopic (exact) mass is 398 g/mol. The fraction of sp³-hybridized carbons (Fsp3) is 0.167. The van der Waals surface area contributed by atoms with E-state index >= 15 is 0 Å². The first kappa shape index (κ1) is 19.6. The van der Waals surface area contributed by atoms with Crippen molar-refractivity contribution in [1.82, 2.24) is 9.97 Å². The zero-order valence-corrected chi connectivity index (χ0v) is 14.2. The van der Waals surface area contributed by atoms with E-state index in [0.717, 1.165) is 17.2 Å². The summed E-state index contributed by atoms with van der Waals surface area (Å²) in [7, 11) is 0. The average molecular weight is 398 g/mol. The van der Waals surface area contributed by atoms with Crippen molar-refractivity contribution in [3.05, 3.63) is 64.8 Å². The summed E-state index contributed by atoms with van der Waals surface area (Å²) in [5.74, 6) is -0.0455. The minimum atomic E-state index is -5.04. The van der Waals surface area contributed by atoms with Gasteiger partial charge >= 0.3 is 12.4 Å². The predicted molar refractivity (Wildman–Crippen MR) is 91.9 cm³/mol. The third-order valence-electron chi connectivity index (χ3n) is 3.74. The van der Waals surface area contributed by atoms with Gasteiger partial charge in [-0.05, 0) is 30.7 Å². The molecule has 3 aromatic rings. The minimum absolute atomic E-state index is 0.0212. The molecule has 3 rings (SSSR count). The first-order valence-corrected chi connectivity index (χ1v) is 7.86. The number of alkyl halides is 6. The van der Waals surface area contributed by atoms with Crippen LogP contribution in [0.2, 0.25) is 0 Å². The van der Waals surface area contributed by atoms with Crippen LogP contribution in [-0.2, 0) is 12.4 Å². The number of fused-ring (bicyclic) bond motifs is 1. The van der Waals surface area contributed by atoms with Crippen molar-refractivity contribution in [3.8, 4) is 0 Å². The quantitative estimate of drug-likeness (QED) is 0.364. The molecular weight excluding hydrogens is 386 g/mol. The summed E-state index contributed by atoms with van der Waals surface area (Å²) in [6, 6.07) is 9.46. The lowest BCUT2D eigenvalue weighted by Gasteiger charge is -2.14. The highest BCUT2D eigenvalue weighted by Gasteiger charge is 2.39. The van der Waals surface area contributed by atoms with Crippen LogP contribution in [0.4, 0.5) is 32.2 Å². The van der Waals surface area contributed by atoms with Crippen molar-refractivity contribution in [2.75, 3.05) is 5.43 Å². The number of benzene rings is 1. The summed E-state index contributed by atoms with van der Waals surface area (Å²) < 4.78 is 78.1. The smallest absolute Gasteiger partial charge is 0.261 e. The maximum Gasteiger partial charge on any atom is 0.433 e. The number of aromatic nitrogens is 2. The molecule has 4 nitrogen and oxygen atoms in total. The van der Waals surface area contributed by atoms with E-state index in [1.807, 2.05) is 19.1 Å². The van der Waals surface area contributed by atoms with Crippen molar-refractivity contribution in [3.63, 3.8) is 0 Å². The van der Waals surface area contributed by atoms with Crippen molar-refractivity contribution in [2.24, 2.45) is 5.10 Å². The molecule has 0 aliphatic rings. The minimum Gasteiger partial charge on any atom is -0.261 e. The molecule has 2 heterocycles. The molecule has 0 unspecified atom stereocenters. The number of hydrogen-bond acceptors (Lipinski definition) is 4. The Morgan fingerprint density at radius 1 is 0.893 bits per heavy atom. The van der Waals surface area contributed by atoms with E-state index in [1.54, 1.807) is 12.1 Å². The summed E-state index contributed by atoms with van der Waals surface area (Å²) in [4.78, 5) is 6.96. The van der Waals surface area contributed by atoms with E-state index in [9.17, 15) is 26.3 Å². The van der Waals surface area contributed by atoms with Crippen LogP contribution < -0.4 is 5.43 Å². The molecular formula is C18H12F6N4. The van der Waals surface area contributed by atoms with Gasteiger partial charge in [0.05, 0.1) is 11.8 Å². The molecule has 1 N–H and O–H groups in total. The maximum atomic E-state index is 13.1. The van der Waals surface area contributed by atoms with Gasteiger partial charge in [0.25, 0.3) is 0 Å². The maximum absolute atomic E-state index is 13.1. The number of rotatable bonds is 3. The molecule has 0 saturated heterocycles. The van der Waals surface area contributed by atoms with E-state index in [2.05, 4.69) is 20.5 Å². The molecule has 0 aliphatic heterocycles. The Kier molecular flexibility index (Phi) is 4.97. The largest absolute Gasteiger partial charge is 0.433 e. The molecule has 146 valence electrons. The standard InChI is InChI=1S/C18H12F6N4/c1-10-2-4-11(5-3-10)9-25-28-15-7-6-12-13(17(19,20)21)8-14(18(22,23)24)26-16(12)27-15/h2-9H,1H3,(H,26,27,28)/b25-9-. The molecule has 0 aliphatic carbocycles. The van der Waals surface area contributed by atoms with Crippen LogP contribution in [0.5, 0.6) is 0 Å². The van der Waals surface area contributed by atoms with E-state index in [1.165, 1.54) is 12.3 Å². The number of aryl methyl sites for hydroxylation is 1. The molecule has 0 radical (unpaired) electrons. The SMILES string of the molecule is Cc1ccc(/C=N\Nc2ccc3c(C(F)(F)F)cc(C(F)(F)F)nc3n2)cc1. The number of nitrogens with zero attached hydrogens (tertiary/aromatic N) is 3. The Hall–Kier alpha value is -3.17. The third-order valence-corrected chi connectivity index (χ3v) is 3.74. The van der Waals surface area contributed by atoms with E-state index in [-0.39, 0.29) is 11.9 Å². The second-order valence-electron chi connectivity index (χ2n) is 5.90. The molecule has 28 heavy (non-hydrogen) atoms. The number of halogens is 6. The van der Waals surface area contributed by atoms with E-state index in [4.69, 9.17) is 0 Å². The Morgan fingerprint density at radius 3 is 2.18 bits per heavy atom. The number of hydrazone groups is 1. The van der Waals surface area contributed by atoms with Crippen LogP contribution in [0.1, 0.15) is 22.4 Å². The van der Waals surface area contributed by atoms with Crippen LogP contribution in [0, 0.1) is 6.92 Å². The second kappa shape index (κ2) is 7.10. The summed E-state index contributed by atoms with van der Waals surface area (Å²) >= 11 is 0. The Bertz CT molecular complexity index is 1020. The summed E-state index contributed by atoms with van der Waals surface area (Å²) in [5, 5.41) is 3.35. The second-order valence-corrected chi connectivity index (χ2v) is 5.90. The van der Waals surface area contributed by atoms with E-state index in [0.29, 0.717) is 0 Å². The lowest BCUT2D eigenvalue weighted by atomic mass is 10.1.